The van der Waals surface area contributed by atoms with Gasteiger partial charge in [-0.05, 0) is 5.92 Å². The Morgan fingerprint density at radius 2 is 1.14 bits per heavy atom. The van der Waals surface area contributed by atoms with Gasteiger partial charge in [0.05, 0.1) is 0 Å². The van der Waals surface area contributed by atoms with Crippen molar-refractivity contribution in [3.05, 3.63) is 0 Å². The van der Waals surface area contributed by atoms with Gasteiger partial charge in [-0.3, -0.25) is 0 Å². The number of rotatable bonds is 0. The maximum Gasteiger partial charge on any atom is 0.211 e. The molecule has 0 atom stereocenters. The van der Waals surface area contributed by atoms with Crippen molar-refractivity contribution in [3.63, 3.8) is 0 Å². The fourth-order valence-corrected chi connectivity index (χ4v) is 0. The highest BCUT2D eigenvalue weighted by Crippen LogP contribution is 1.81. The zero-order chi connectivity index (χ0) is 6.28. The molecule has 0 aromatic heterocycles. The lowest BCUT2D eigenvalue weighted by Gasteiger charge is -1.79. The Kier molecular flexibility index (Phi) is 12.3. The van der Waals surface area contributed by atoms with Gasteiger partial charge in [-0.25, -0.2) is 0 Å². The van der Waals surface area contributed by atoms with Crippen LogP contribution >= 0.6 is 0 Å². The molecule has 0 aromatic rings. The lowest BCUT2D eigenvalue weighted by Crippen LogP contribution is -1.66. The fourth-order valence-electron chi connectivity index (χ4n) is 0. The Balaban J connectivity index is 0. The summed E-state index contributed by atoms with van der Waals surface area (Å²) in [5.74, 6) is 0.833. The molecule has 0 saturated heterocycles. The second kappa shape index (κ2) is 9.00. The van der Waals surface area contributed by atoms with Crippen molar-refractivity contribution in [2.75, 3.05) is 0 Å². The van der Waals surface area contributed by atoms with Crippen LogP contribution in [-0.2, 0) is 0 Å². The summed E-state index contributed by atoms with van der Waals surface area (Å²) in [6, 6.07) is 0. The smallest absolute Gasteiger partial charge is 0.0630 e. The van der Waals surface area contributed by atoms with Crippen LogP contribution in [0, 0.1) is 17.0 Å². The molecule has 42 valence electrons. The molecule has 0 heterocycles. The van der Waals surface area contributed by atoms with Crippen molar-refractivity contribution in [3.8, 4) is 0 Å². The molecule has 0 aliphatic rings. The summed E-state index contributed by atoms with van der Waals surface area (Å²) >= 11 is 0. The van der Waals surface area contributed by atoms with Gasteiger partial charge in [0.15, 0.2) is 0 Å². The van der Waals surface area contributed by atoms with E-state index in [1.165, 1.54) is 0 Å². The minimum atomic E-state index is 0.833. The third-order valence-electron chi connectivity index (χ3n) is 0. The summed E-state index contributed by atoms with van der Waals surface area (Å²) in [5, 5.41) is 0. The molecule has 0 aliphatic carbocycles. The topological polar surface area (TPSA) is 61.8 Å². The van der Waals surface area contributed by atoms with E-state index in [0.717, 1.165) is 5.92 Å². The van der Waals surface area contributed by atoms with Crippen molar-refractivity contribution in [2.45, 2.75) is 20.8 Å². The molecule has 0 rings (SSSR count). The summed E-state index contributed by atoms with van der Waals surface area (Å²) in [6.45, 7) is 6.50. The molecule has 2 N–H and O–H groups in total. The first-order valence-corrected chi connectivity index (χ1v) is 2.18. The first-order chi connectivity index (χ1) is 3.15. The van der Waals surface area contributed by atoms with Gasteiger partial charge in [-0.15, -0.1) is 0 Å². The average Bonchev–Trinajstić information content (AvgIpc) is 1.33. The largest absolute Gasteiger partial charge is 0.211 e. The van der Waals surface area contributed by atoms with Crippen molar-refractivity contribution >= 4 is 0 Å². The first kappa shape index (κ1) is 9.58. The standard InChI is InChI=1S/C4H10.H2N3/c1-4(2)3;1-3-2/h4H,1-3H3;1-2H/q;+1. The molecule has 3 heteroatoms. The van der Waals surface area contributed by atoms with E-state index in [2.05, 4.69) is 20.8 Å². The lowest BCUT2D eigenvalue weighted by atomic mass is 10.3. The van der Waals surface area contributed by atoms with E-state index in [4.69, 9.17) is 11.1 Å². The highest BCUT2D eigenvalue weighted by molar-refractivity contribution is 4.20. The number of hydrogen-bond donors (Lipinski definition) is 2. The van der Waals surface area contributed by atoms with Gasteiger partial charge in [0, 0.05) is 0 Å². The van der Waals surface area contributed by atoms with Crippen LogP contribution in [0.25, 0.3) is 0 Å². The van der Waals surface area contributed by atoms with Crippen LogP contribution in [0.2, 0.25) is 0 Å². The number of nitrogens with one attached hydrogen (secondary N) is 2. The minimum absolute atomic E-state index is 0.833. The highest BCUT2D eigenvalue weighted by Gasteiger charge is 1.68. The van der Waals surface area contributed by atoms with Crippen molar-refractivity contribution in [1.82, 2.24) is 4.91 Å². The summed E-state index contributed by atoms with van der Waals surface area (Å²) in [4.78, 5) is 2.00. The van der Waals surface area contributed by atoms with E-state index in [-0.39, 0.29) is 0 Å². The molecule has 3 nitrogen and oxygen atoms in total. The van der Waals surface area contributed by atoms with E-state index in [9.17, 15) is 0 Å². The van der Waals surface area contributed by atoms with E-state index < -0.39 is 0 Å². The Bertz CT molecular complexity index is 49.2. The minimum Gasteiger partial charge on any atom is -0.0630 e. The van der Waals surface area contributed by atoms with Crippen LogP contribution in [0.4, 0.5) is 0 Å². The normalized spacial score (nSPS) is 6.29. The molecular formula is C4H12N3+. The van der Waals surface area contributed by atoms with Crippen LogP contribution in [0.5, 0.6) is 0 Å². The van der Waals surface area contributed by atoms with Crippen LogP contribution in [0.3, 0.4) is 0 Å². The predicted molar refractivity (Wildman–Crippen MR) is 28.1 cm³/mol. The van der Waals surface area contributed by atoms with Gasteiger partial charge in [-0.2, -0.15) is 0 Å². The summed E-state index contributed by atoms with van der Waals surface area (Å²) in [6.07, 6.45) is 0. The number of hydrogen-bond acceptors (Lipinski definition) is 2. The van der Waals surface area contributed by atoms with Gasteiger partial charge in [0.2, 0.25) is 4.91 Å². The van der Waals surface area contributed by atoms with Crippen molar-refractivity contribution in [1.29, 1.82) is 11.1 Å². The van der Waals surface area contributed by atoms with Gasteiger partial charge in [0.1, 0.15) is 11.1 Å². The molecule has 0 aromatic carbocycles. The molecule has 0 fully saturated rings. The molecule has 0 spiro atoms. The Labute approximate surface area is 43.8 Å². The molecule has 0 aliphatic heterocycles. The van der Waals surface area contributed by atoms with Gasteiger partial charge < -0.3 is 0 Å². The maximum atomic E-state index is 5.50. The van der Waals surface area contributed by atoms with Crippen molar-refractivity contribution in [2.24, 2.45) is 5.92 Å². The maximum absolute atomic E-state index is 5.50. The first-order valence-electron chi connectivity index (χ1n) is 2.18. The highest BCUT2D eigenvalue weighted by atomic mass is 15.0. The zero-order valence-corrected chi connectivity index (χ0v) is 5.02. The van der Waals surface area contributed by atoms with Crippen LogP contribution in [0.1, 0.15) is 20.8 Å². The zero-order valence-electron chi connectivity index (χ0n) is 5.02. The molecule has 0 unspecified atom stereocenters. The summed E-state index contributed by atoms with van der Waals surface area (Å²) < 4.78 is 0. The monoisotopic (exact) mass is 102 g/mol. The Morgan fingerprint density at radius 1 is 1.14 bits per heavy atom. The second-order valence-electron chi connectivity index (χ2n) is 1.84. The fraction of sp³-hybridized carbons (Fsp3) is 1.00. The van der Waals surface area contributed by atoms with Crippen LogP contribution in [-0.4, -0.2) is 0 Å². The average molecular weight is 102 g/mol. The van der Waals surface area contributed by atoms with Crippen molar-refractivity contribution < 1.29 is 0 Å². The van der Waals surface area contributed by atoms with Crippen LogP contribution in [0.15, 0.2) is 0 Å². The van der Waals surface area contributed by atoms with E-state index in [1.807, 2.05) is 4.91 Å². The van der Waals surface area contributed by atoms with E-state index >= 15 is 0 Å². The quantitative estimate of drug-likeness (QED) is 0.346. The third kappa shape index (κ3) is 122. The summed E-state index contributed by atoms with van der Waals surface area (Å²) in [5.41, 5.74) is 11.0. The molecular weight excluding hydrogens is 90.1 g/mol. The summed E-state index contributed by atoms with van der Waals surface area (Å²) in [7, 11) is 0. The van der Waals surface area contributed by atoms with Gasteiger partial charge in [-0.1, -0.05) is 20.8 Å². The SMILES string of the molecule is CC(C)C.N=[N+]=N. The van der Waals surface area contributed by atoms with E-state index in [1.54, 1.807) is 0 Å². The Hall–Kier alpha value is -0.690. The molecule has 0 bridgehead atoms. The third-order valence-corrected chi connectivity index (χ3v) is 0. The molecule has 7 heavy (non-hydrogen) atoms. The predicted octanol–water partition coefficient (Wildman–Crippen LogP) is 1.78. The van der Waals surface area contributed by atoms with Gasteiger partial charge in [0.25, 0.3) is 0 Å². The Morgan fingerprint density at radius 3 is 1.14 bits per heavy atom. The molecule has 0 saturated carbocycles. The van der Waals surface area contributed by atoms with Gasteiger partial charge >= 0.3 is 0 Å². The number of nitrogens with zero attached hydrogens (tertiary/aromatic N) is 1. The molecule has 0 amide bonds. The van der Waals surface area contributed by atoms with E-state index in [0.29, 0.717) is 0 Å². The second-order valence-corrected chi connectivity index (χ2v) is 1.84. The lowest BCUT2D eigenvalue weighted by molar-refractivity contribution is 0.737. The van der Waals surface area contributed by atoms with Crippen LogP contribution < -0.4 is 4.91 Å². The molecule has 0 radical (unpaired) electrons.